The van der Waals surface area contributed by atoms with Crippen molar-refractivity contribution in [2.24, 2.45) is 5.92 Å². The lowest BCUT2D eigenvalue weighted by atomic mass is 10.2. The van der Waals surface area contributed by atoms with Crippen molar-refractivity contribution in [1.29, 1.82) is 0 Å². The molecule has 1 aromatic rings. The zero-order valence-corrected chi connectivity index (χ0v) is 12.7. The molecule has 7 heteroatoms. The van der Waals surface area contributed by atoms with Gasteiger partial charge in [-0.2, -0.15) is 0 Å². The average Bonchev–Trinajstić information content (AvgIpc) is 3.11. The number of halogens is 2. The van der Waals surface area contributed by atoms with Crippen molar-refractivity contribution in [3.63, 3.8) is 0 Å². The average molecular weight is 324 g/mol. The van der Waals surface area contributed by atoms with Gasteiger partial charge in [-0.05, 0) is 43.4 Å². The van der Waals surface area contributed by atoms with Gasteiger partial charge in [-0.1, -0.05) is 23.2 Å². The molecule has 19 heavy (non-hydrogen) atoms. The summed E-state index contributed by atoms with van der Waals surface area (Å²) in [7, 11) is -3.70. The molecule has 0 aliphatic heterocycles. The molecule has 0 bridgehead atoms. The van der Waals surface area contributed by atoms with Crippen molar-refractivity contribution < 1.29 is 13.5 Å². The third kappa shape index (κ3) is 3.41. The Balaban J connectivity index is 2.33. The van der Waals surface area contributed by atoms with E-state index in [-0.39, 0.29) is 27.6 Å². The van der Waals surface area contributed by atoms with Gasteiger partial charge in [0.15, 0.2) is 0 Å². The van der Waals surface area contributed by atoms with Gasteiger partial charge in [-0.15, -0.1) is 0 Å². The standard InChI is InChI=1S/C12H15Cl2NO3S/c1-7(8-2-3-8)15-19(17,18)12-4-9(6-16)10(13)5-11(12)14/h4-5,7-8,15-16H,2-3,6H2,1H3. The normalized spacial score (nSPS) is 17.5. The fourth-order valence-corrected chi connectivity index (χ4v) is 4.07. The first-order chi connectivity index (χ1) is 8.85. The molecule has 106 valence electrons. The van der Waals surface area contributed by atoms with E-state index in [4.69, 9.17) is 28.3 Å². The van der Waals surface area contributed by atoms with Crippen LogP contribution in [0.5, 0.6) is 0 Å². The second-order valence-corrected chi connectivity index (χ2v) is 7.28. The van der Waals surface area contributed by atoms with E-state index in [1.165, 1.54) is 12.1 Å². The van der Waals surface area contributed by atoms with Gasteiger partial charge in [0.2, 0.25) is 10.0 Å². The minimum absolute atomic E-state index is 0.0462. The Hall–Kier alpha value is -0.330. The Kier molecular flexibility index (Phi) is 4.42. The number of rotatable bonds is 5. The first-order valence-corrected chi connectivity index (χ1v) is 8.20. The highest BCUT2D eigenvalue weighted by atomic mass is 35.5. The minimum Gasteiger partial charge on any atom is -0.392 e. The van der Waals surface area contributed by atoms with Crippen LogP contribution in [0.2, 0.25) is 10.0 Å². The Bertz CT molecular complexity index is 585. The van der Waals surface area contributed by atoms with E-state index in [1.54, 1.807) is 0 Å². The molecule has 1 aliphatic carbocycles. The molecule has 0 heterocycles. The Morgan fingerprint density at radius 3 is 2.53 bits per heavy atom. The van der Waals surface area contributed by atoms with Crippen molar-refractivity contribution >= 4 is 33.2 Å². The van der Waals surface area contributed by atoms with Crippen LogP contribution in [0, 0.1) is 5.92 Å². The summed E-state index contributed by atoms with van der Waals surface area (Å²) in [6.45, 7) is 1.50. The van der Waals surface area contributed by atoms with E-state index in [2.05, 4.69) is 4.72 Å². The maximum atomic E-state index is 12.3. The van der Waals surface area contributed by atoms with E-state index in [0.717, 1.165) is 12.8 Å². The van der Waals surface area contributed by atoms with Crippen LogP contribution >= 0.6 is 23.2 Å². The smallest absolute Gasteiger partial charge is 0.242 e. The predicted molar refractivity (Wildman–Crippen MR) is 74.9 cm³/mol. The summed E-state index contributed by atoms with van der Waals surface area (Å²) in [6.07, 6.45) is 2.08. The molecule has 2 N–H and O–H groups in total. The van der Waals surface area contributed by atoms with Gasteiger partial charge in [-0.3, -0.25) is 0 Å². The quantitative estimate of drug-likeness (QED) is 0.875. The molecule has 1 aromatic carbocycles. The molecule has 0 saturated heterocycles. The lowest BCUT2D eigenvalue weighted by molar-refractivity contribution is 0.281. The summed E-state index contributed by atoms with van der Waals surface area (Å²) >= 11 is 11.8. The van der Waals surface area contributed by atoms with Gasteiger partial charge >= 0.3 is 0 Å². The fraction of sp³-hybridized carbons (Fsp3) is 0.500. The highest BCUT2D eigenvalue weighted by molar-refractivity contribution is 7.89. The zero-order valence-electron chi connectivity index (χ0n) is 10.4. The van der Waals surface area contributed by atoms with Crippen molar-refractivity contribution in [1.82, 2.24) is 4.72 Å². The Morgan fingerprint density at radius 1 is 1.37 bits per heavy atom. The van der Waals surface area contributed by atoms with Crippen LogP contribution in [0.25, 0.3) is 0 Å². The number of aliphatic hydroxyl groups excluding tert-OH is 1. The highest BCUT2D eigenvalue weighted by Gasteiger charge is 2.32. The maximum absolute atomic E-state index is 12.3. The summed E-state index contributed by atoms with van der Waals surface area (Å²) < 4.78 is 27.1. The lowest BCUT2D eigenvalue weighted by Gasteiger charge is -2.15. The highest BCUT2D eigenvalue weighted by Crippen LogP contribution is 2.34. The van der Waals surface area contributed by atoms with Crippen LogP contribution in [-0.4, -0.2) is 19.6 Å². The van der Waals surface area contributed by atoms with Crippen LogP contribution in [-0.2, 0) is 16.6 Å². The van der Waals surface area contributed by atoms with Crippen LogP contribution < -0.4 is 4.72 Å². The minimum atomic E-state index is -3.70. The van der Waals surface area contributed by atoms with Crippen LogP contribution in [0.15, 0.2) is 17.0 Å². The van der Waals surface area contributed by atoms with Crippen molar-refractivity contribution in [3.05, 3.63) is 27.7 Å². The van der Waals surface area contributed by atoms with E-state index in [1.807, 2.05) is 6.92 Å². The third-order valence-corrected chi connectivity index (χ3v) is 5.61. The van der Waals surface area contributed by atoms with Crippen LogP contribution in [0.1, 0.15) is 25.3 Å². The molecule has 1 fully saturated rings. The number of nitrogens with one attached hydrogen (secondary N) is 1. The molecule has 1 saturated carbocycles. The first kappa shape index (κ1) is 15.1. The number of sulfonamides is 1. The first-order valence-electron chi connectivity index (χ1n) is 5.96. The fourth-order valence-electron chi connectivity index (χ4n) is 1.90. The summed E-state index contributed by atoms with van der Waals surface area (Å²) in [5.74, 6) is 0.401. The molecule has 0 radical (unpaired) electrons. The van der Waals surface area contributed by atoms with Gasteiger partial charge in [0.25, 0.3) is 0 Å². The van der Waals surface area contributed by atoms with E-state index >= 15 is 0 Å². The lowest BCUT2D eigenvalue weighted by Crippen LogP contribution is -2.34. The summed E-state index contributed by atoms with van der Waals surface area (Å²) in [5, 5.41) is 9.44. The van der Waals surface area contributed by atoms with E-state index in [0.29, 0.717) is 11.5 Å². The largest absolute Gasteiger partial charge is 0.392 e. The zero-order chi connectivity index (χ0) is 14.2. The number of aliphatic hydroxyl groups is 1. The molecule has 0 aromatic heterocycles. The Labute approximate surface area is 122 Å². The van der Waals surface area contributed by atoms with Crippen molar-refractivity contribution in [2.75, 3.05) is 0 Å². The molecule has 1 aliphatic rings. The topological polar surface area (TPSA) is 66.4 Å². The van der Waals surface area contributed by atoms with Crippen molar-refractivity contribution in [3.8, 4) is 0 Å². The van der Waals surface area contributed by atoms with Gasteiger partial charge in [-0.25, -0.2) is 13.1 Å². The van der Waals surface area contributed by atoms with Gasteiger partial charge in [0.05, 0.1) is 11.6 Å². The number of hydrogen-bond donors (Lipinski definition) is 2. The van der Waals surface area contributed by atoms with Crippen LogP contribution in [0.4, 0.5) is 0 Å². The monoisotopic (exact) mass is 323 g/mol. The molecular weight excluding hydrogens is 309 g/mol. The molecule has 0 spiro atoms. The predicted octanol–water partition coefficient (Wildman–Crippen LogP) is 2.56. The Morgan fingerprint density at radius 2 is 2.00 bits per heavy atom. The molecule has 1 unspecified atom stereocenters. The molecular formula is C12H15Cl2NO3S. The van der Waals surface area contributed by atoms with Gasteiger partial charge in [0.1, 0.15) is 4.90 Å². The van der Waals surface area contributed by atoms with E-state index in [9.17, 15) is 8.42 Å². The number of benzene rings is 1. The summed E-state index contributed by atoms with van der Waals surface area (Å²) in [4.78, 5) is -0.0462. The second kappa shape index (κ2) is 5.58. The third-order valence-electron chi connectivity index (χ3n) is 3.23. The van der Waals surface area contributed by atoms with Gasteiger partial charge < -0.3 is 5.11 Å². The summed E-state index contributed by atoms with van der Waals surface area (Å²) in [6, 6.07) is 2.53. The second-order valence-electron chi connectivity index (χ2n) is 4.78. The molecule has 2 rings (SSSR count). The van der Waals surface area contributed by atoms with Gasteiger partial charge in [0, 0.05) is 11.1 Å². The van der Waals surface area contributed by atoms with Crippen molar-refractivity contribution in [2.45, 2.75) is 37.3 Å². The maximum Gasteiger partial charge on any atom is 0.242 e. The summed E-state index contributed by atoms with van der Waals surface area (Å²) in [5.41, 5.74) is 0.338. The number of hydrogen-bond acceptors (Lipinski definition) is 3. The van der Waals surface area contributed by atoms with E-state index < -0.39 is 10.0 Å². The van der Waals surface area contributed by atoms with Crippen LogP contribution in [0.3, 0.4) is 0 Å². The molecule has 0 amide bonds. The molecule has 1 atom stereocenters. The molecule has 4 nitrogen and oxygen atoms in total. The SMILES string of the molecule is CC(NS(=O)(=O)c1cc(CO)c(Cl)cc1Cl)C1CC1.